The van der Waals surface area contributed by atoms with Crippen LogP contribution in [-0.2, 0) is 6.42 Å². The van der Waals surface area contributed by atoms with Gasteiger partial charge in [0.1, 0.15) is 0 Å². The van der Waals surface area contributed by atoms with E-state index in [0.29, 0.717) is 6.42 Å². The maximum atomic E-state index is 13.1. The van der Waals surface area contributed by atoms with Gasteiger partial charge in [0.05, 0.1) is 4.83 Å². The third-order valence-corrected chi connectivity index (χ3v) is 5.69. The van der Waals surface area contributed by atoms with Crippen molar-refractivity contribution in [3.8, 4) is 0 Å². The Labute approximate surface area is 125 Å². The molecule has 1 unspecified atom stereocenters. The van der Waals surface area contributed by atoms with Crippen molar-refractivity contribution in [2.45, 2.75) is 18.2 Å². The van der Waals surface area contributed by atoms with Crippen LogP contribution in [0.4, 0.5) is 8.78 Å². The summed E-state index contributed by atoms with van der Waals surface area (Å²) in [4.78, 5) is 2.47. The van der Waals surface area contributed by atoms with E-state index in [4.69, 9.17) is 0 Å². The molecule has 0 fully saturated rings. The first-order valence-electron chi connectivity index (χ1n) is 5.31. The van der Waals surface area contributed by atoms with Gasteiger partial charge >= 0.3 is 0 Å². The second-order valence-electron chi connectivity index (χ2n) is 3.99. The highest BCUT2D eigenvalue weighted by Gasteiger charge is 2.15. The molecule has 18 heavy (non-hydrogen) atoms. The molecule has 0 amide bonds. The normalized spacial score (nSPS) is 12.7. The molecule has 5 heteroatoms. The summed E-state index contributed by atoms with van der Waals surface area (Å²) < 4.78 is 27.0. The maximum Gasteiger partial charge on any atom is 0.159 e. The summed E-state index contributed by atoms with van der Waals surface area (Å²) in [6, 6.07) is 6.08. The molecule has 0 aliphatic carbocycles. The highest BCUT2D eigenvalue weighted by Crippen LogP contribution is 2.38. The Balaban J connectivity index is 2.18. The minimum absolute atomic E-state index is 0.0930. The van der Waals surface area contributed by atoms with Gasteiger partial charge in [-0.25, -0.2) is 8.78 Å². The predicted molar refractivity (Wildman–Crippen MR) is 78.5 cm³/mol. The summed E-state index contributed by atoms with van der Waals surface area (Å²) in [5.74, 6) is -1.60. The Morgan fingerprint density at radius 2 is 1.94 bits per heavy atom. The van der Waals surface area contributed by atoms with Crippen LogP contribution in [0.3, 0.4) is 0 Å². The second kappa shape index (κ2) is 5.80. The fourth-order valence-electron chi connectivity index (χ4n) is 1.68. The monoisotopic (exact) mass is 394 g/mol. The summed E-state index contributed by atoms with van der Waals surface area (Å²) in [5, 5.41) is 0. The van der Waals surface area contributed by atoms with Gasteiger partial charge in [0.15, 0.2) is 11.6 Å². The van der Waals surface area contributed by atoms with Crippen molar-refractivity contribution >= 4 is 43.2 Å². The van der Waals surface area contributed by atoms with Crippen LogP contribution in [0.1, 0.15) is 20.1 Å². The average molecular weight is 396 g/mol. The highest BCUT2D eigenvalue weighted by molar-refractivity contribution is 9.11. The molecule has 0 saturated carbocycles. The topological polar surface area (TPSA) is 0 Å². The van der Waals surface area contributed by atoms with E-state index >= 15 is 0 Å². The summed E-state index contributed by atoms with van der Waals surface area (Å²) >= 11 is 8.79. The number of alkyl halides is 1. The Bertz CT molecular complexity index is 566. The summed E-state index contributed by atoms with van der Waals surface area (Å²) in [6.07, 6.45) is 0.621. The van der Waals surface area contributed by atoms with Crippen molar-refractivity contribution in [3.05, 3.63) is 55.7 Å². The molecule has 0 saturated heterocycles. The van der Waals surface area contributed by atoms with Gasteiger partial charge in [-0.2, -0.15) is 0 Å². The highest BCUT2D eigenvalue weighted by atomic mass is 79.9. The molecule has 0 aliphatic rings. The van der Waals surface area contributed by atoms with Crippen LogP contribution in [-0.4, -0.2) is 0 Å². The molecule has 1 heterocycles. The van der Waals surface area contributed by atoms with Gasteiger partial charge in [-0.05, 0) is 53.0 Å². The van der Waals surface area contributed by atoms with E-state index in [1.165, 1.54) is 17.0 Å². The van der Waals surface area contributed by atoms with Crippen LogP contribution < -0.4 is 0 Å². The Kier molecular flexibility index (Phi) is 4.56. The number of rotatable bonds is 3. The van der Waals surface area contributed by atoms with E-state index in [2.05, 4.69) is 37.9 Å². The average Bonchev–Trinajstić information content (AvgIpc) is 2.63. The molecule has 1 aromatic heterocycles. The molecule has 0 nitrogen and oxygen atoms in total. The van der Waals surface area contributed by atoms with Gasteiger partial charge in [0, 0.05) is 14.2 Å². The van der Waals surface area contributed by atoms with Crippen molar-refractivity contribution in [2.75, 3.05) is 0 Å². The SMILES string of the molecule is Cc1cc(Br)c(C(Br)Cc2ccc(F)c(F)c2)s1. The number of thiophene rings is 1. The van der Waals surface area contributed by atoms with Crippen molar-refractivity contribution < 1.29 is 8.78 Å². The summed E-state index contributed by atoms with van der Waals surface area (Å²) in [7, 11) is 0. The van der Waals surface area contributed by atoms with E-state index in [-0.39, 0.29) is 4.83 Å². The lowest BCUT2D eigenvalue weighted by Gasteiger charge is -2.09. The molecule has 0 radical (unpaired) electrons. The van der Waals surface area contributed by atoms with Crippen LogP contribution in [0.15, 0.2) is 28.7 Å². The Hall–Kier alpha value is -0.260. The molecule has 0 bridgehead atoms. The van der Waals surface area contributed by atoms with Crippen molar-refractivity contribution in [2.24, 2.45) is 0 Å². The van der Waals surface area contributed by atoms with Gasteiger partial charge in [-0.1, -0.05) is 22.0 Å². The molecular formula is C13H10Br2F2S. The second-order valence-corrected chi connectivity index (χ2v) is 7.24. The number of hydrogen-bond donors (Lipinski definition) is 0. The van der Waals surface area contributed by atoms with Crippen molar-refractivity contribution in [1.82, 2.24) is 0 Å². The summed E-state index contributed by atoms with van der Waals surface area (Å²) in [6.45, 7) is 2.04. The Morgan fingerprint density at radius 1 is 1.22 bits per heavy atom. The van der Waals surface area contributed by atoms with Gasteiger partial charge in [0.25, 0.3) is 0 Å². The van der Waals surface area contributed by atoms with Gasteiger partial charge in [0.2, 0.25) is 0 Å². The minimum Gasteiger partial charge on any atom is -0.204 e. The first kappa shape index (κ1) is 14.2. The Morgan fingerprint density at radius 3 is 2.50 bits per heavy atom. The smallest absolute Gasteiger partial charge is 0.159 e. The molecular weight excluding hydrogens is 386 g/mol. The zero-order valence-electron chi connectivity index (χ0n) is 9.51. The van der Waals surface area contributed by atoms with E-state index in [0.717, 1.165) is 14.9 Å². The largest absolute Gasteiger partial charge is 0.204 e. The summed E-state index contributed by atoms with van der Waals surface area (Å²) in [5.41, 5.74) is 0.772. The lowest BCUT2D eigenvalue weighted by molar-refractivity contribution is 0.507. The minimum atomic E-state index is -0.807. The lowest BCUT2D eigenvalue weighted by Crippen LogP contribution is -1.95. The molecule has 2 aromatic rings. The lowest BCUT2D eigenvalue weighted by atomic mass is 10.1. The third kappa shape index (κ3) is 3.19. The van der Waals surface area contributed by atoms with Crippen molar-refractivity contribution in [1.29, 1.82) is 0 Å². The number of benzene rings is 1. The van der Waals surface area contributed by atoms with Crippen molar-refractivity contribution in [3.63, 3.8) is 0 Å². The van der Waals surface area contributed by atoms with Gasteiger partial charge < -0.3 is 0 Å². The zero-order chi connectivity index (χ0) is 13.3. The van der Waals surface area contributed by atoms with Crippen LogP contribution in [0.25, 0.3) is 0 Å². The van der Waals surface area contributed by atoms with Crippen LogP contribution in [0.5, 0.6) is 0 Å². The number of halogens is 4. The molecule has 0 spiro atoms. The first-order chi connectivity index (χ1) is 8.47. The molecule has 96 valence electrons. The molecule has 0 aliphatic heterocycles. The molecule has 0 N–H and O–H groups in total. The third-order valence-electron chi connectivity index (χ3n) is 2.52. The quantitative estimate of drug-likeness (QED) is 0.578. The fraction of sp³-hybridized carbons (Fsp3) is 0.231. The number of aryl methyl sites for hydroxylation is 1. The molecule has 1 aromatic carbocycles. The van der Waals surface area contributed by atoms with Gasteiger partial charge in [-0.3, -0.25) is 0 Å². The number of hydrogen-bond acceptors (Lipinski definition) is 1. The predicted octanol–water partition coefficient (Wildman–Crippen LogP) is 5.78. The zero-order valence-corrected chi connectivity index (χ0v) is 13.5. The van der Waals surface area contributed by atoms with Crippen LogP contribution in [0, 0.1) is 18.6 Å². The van der Waals surface area contributed by atoms with Crippen LogP contribution in [0.2, 0.25) is 0 Å². The molecule has 2 rings (SSSR count). The van der Waals surface area contributed by atoms with Gasteiger partial charge in [-0.15, -0.1) is 11.3 Å². The first-order valence-corrected chi connectivity index (χ1v) is 7.83. The molecule has 1 atom stereocenters. The van der Waals surface area contributed by atoms with E-state index in [1.54, 1.807) is 17.4 Å². The van der Waals surface area contributed by atoms with Crippen LogP contribution >= 0.6 is 43.2 Å². The van der Waals surface area contributed by atoms with E-state index in [9.17, 15) is 8.78 Å². The standard InChI is InChI=1S/C13H10Br2F2S/c1-7-4-9(14)13(18-7)10(15)5-8-2-3-11(16)12(17)6-8/h2-4,6,10H,5H2,1H3. The van der Waals surface area contributed by atoms with E-state index in [1.807, 2.05) is 6.92 Å². The van der Waals surface area contributed by atoms with E-state index < -0.39 is 11.6 Å². The maximum absolute atomic E-state index is 13.1. The fourth-order valence-corrected chi connectivity index (χ4v) is 4.79.